The number of imidazole rings is 3. The lowest BCUT2D eigenvalue weighted by molar-refractivity contribution is -0.0573. The Morgan fingerprint density at radius 3 is 1.96 bits per heavy atom. The van der Waals surface area contributed by atoms with Gasteiger partial charge in [-0.05, 0) is 6.92 Å². The molecule has 0 spiro atoms. The highest BCUT2D eigenvalue weighted by Crippen LogP contribution is 2.19. The molecule has 1 atom stereocenters. The lowest BCUT2D eigenvalue weighted by atomic mass is 10.3. The lowest BCUT2D eigenvalue weighted by Gasteiger charge is -2.29. The zero-order valence-corrected chi connectivity index (χ0v) is 15.8. The molecule has 0 aromatic carbocycles. The van der Waals surface area contributed by atoms with Crippen molar-refractivity contribution in [1.82, 2.24) is 34.8 Å². The van der Waals surface area contributed by atoms with E-state index in [2.05, 4.69) is 44.8 Å². The number of ether oxygens (including phenoxy) is 1. The molecule has 3 rings (SSSR count). The van der Waals surface area contributed by atoms with E-state index in [-0.39, 0.29) is 6.23 Å². The van der Waals surface area contributed by atoms with Crippen LogP contribution in [0.1, 0.15) is 30.2 Å². The maximum Gasteiger partial charge on any atom is 0.153 e. The average Bonchev–Trinajstić information content (AvgIpc) is 3.49. The summed E-state index contributed by atoms with van der Waals surface area (Å²) in [7, 11) is 0. The summed E-state index contributed by atoms with van der Waals surface area (Å²) in [5.41, 5.74) is 2.67. The summed E-state index contributed by atoms with van der Waals surface area (Å²) in [5.74, 6) is 0. The number of nitrogens with zero attached hydrogens (tertiary/aromatic N) is 6. The summed E-state index contributed by atoms with van der Waals surface area (Å²) in [6.07, 6.45) is 13.5. The monoisotopic (exact) mass is 383 g/mol. The standard InChI is InChI=1S/C18H25N9O/c1-2-28-18(17-11-23-14-26-17)27(5-3-19-7-15-9-21-12-24-15)6-4-20-8-16-10-22-13-25-16/h7-14,18H,2-6H2,1H3,(H,21,24)(H,22,25)(H,23,26)/t18-/m0/s1. The van der Waals surface area contributed by atoms with E-state index in [9.17, 15) is 0 Å². The largest absolute Gasteiger partial charge is 0.358 e. The molecule has 3 heterocycles. The Morgan fingerprint density at radius 1 is 0.929 bits per heavy atom. The van der Waals surface area contributed by atoms with Crippen molar-refractivity contribution in [2.75, 3.05) is 32.8 Å². The zero-order valence-electron chi connectivity index (χ0n) is 15.8. The predicted octanol–water partition coefficient (Wildman–Crippen LogP) is 1.43. The van der Waals surface area contributed by atoms with Gasteiger partial charge in [0.1, 0.15) is 0 Å². The van der Waals surface area contributed by atoms with Gasteiger partial charge in [0.2, 0.25) is 0 Å². The number of hydrogen-bond acceptors (Lipinski definition) is 7. The summed E-state index contributed by atoms with van der Waals surface area (Å²) in [6, 6.07) is 0. The van der Waals surface area contributed by atoms with Crippen molar-refractivity contribution >= 4 is 12.4 Å². The van der Waals surface area contributed by atoms with Gasteiger partial charge in [-0.15, -0.1) is 0 Å². The Hall–Kier alpha value is -3.11. The van der Waals surface area contributed by atoms with Gasteiger partial charge in [-0.25, -0.2) is 15.0 Å². The molecule has 0 amide bonds. The van der Waals surface area contributed by atoms with Crippen LogP contribution in [0.25, 0.3) is 0 Å². The minimum Gasteiger partial charge on any atom is -0.358 e. The van der Waals surface area contributed by atoms with Crippen molar-refractivity contribution in [3.05, 3.63) is 54.7 Å². The van der Waals surface area contributed by atoms with Crippen molar-refractivity contribution in [3.63, 3.8) is 0 Å². The first-order valence-electron chi connectivity index (χ1n) is 9.17. The fraction of sp³-hybridized carbons (Fsp3) is 0.389. The molecule has 0 aliphatic carbocycles. The first-order valence-corrected chi connectivity index (χ1v) is 9.17. The van der Waals surface area contributed by atoms with Gasteiger partial charge in [-0.3, -0.25) is 14.9 Å². The smallest absolute Gasteiger partial charge is 0.153 e. The molecular formula is C18H25N9O. The van der Waals surface area contributed by atoms with Crippen molar-refractivity contribution in [2.24, 2.45) is 9.98 Å². The molecule has 0 fully saturated rings. The number of aliphatic imine (C=N–C) groups is 2. The fourth-order valence-corrected chi connectivity index (χ4v) is 2.67. The Balaban J connectivity index is 1.61. The molecular weight excluding hydrogens is 358 g/mol. The topological polar surface area (TPSA) is 123 Å². The summed E-state index contributed by atoms with van der Waals surface area (Å²) < 4.78 is 5.97. The Bertz CT molecular complexity index is 761. The van der Waals surface area contributed by atoms with Gasteiger partial charge >= 0.3 is 0 Å². The van der Waals surface area contributed by atoms with Crippen molar-refractivity contribution in [3.8, 4) is 0 Å². The second-order valence-corrected chi connectivity index (χ2v) is 5.94. The van der Waals surface area contributed by atoms with Crippen LogP contribution in [0.2, 0.25) is 0 Å². The van der Waals surface area contributed by atoms with E-state index in [1.165, 1.54) is 0 Å². The highest BCUT2D eigenvalue weighted by Gasteiger charge is 2.21. The summed E-state index contributed by atoms with van der Waals surface area (Å²) in [6.45, 7) is 5.26. The van der Waals surface area contributed by atoms with Gasteiger partial charge in [0.05, 0.1) is 67.7 Å². The molecule has 10 heteroatoms. The third-order valence-electron chi connectivity index (χ3n) is 3.97. The maximum absolute atomic E-state index is 5.97. The Labute approximate surface area is 163 Å². The van der Waals surface area contributed by atoms with Crippen LogP contribution in [0.4, 0.5) is 0 Å². The summed E-state index contributed by atoms with van der Waals surface area (Å²) >= 11 is 0. The molecule has 0 aliphatic rings. The Morgan fingerprint density at radius 2 is 1.50 bits per heavy atom. The van der Waals surface area contributed by atoms with Crippen LogP contribution < -0.4 is 0 Å². The second kappa shape index (κ2) is 10.9. The van der Waals surface area contributed by atoms with Crippen LogP contribution in [0.15, 0.2) is 47.6 Å². The van der Waals surface area contributed by atoms with Crippen LogP contribution in [-0.4, -0.2) is 80.0 Å². The summed E-state index contributed by atoms with van der Waals surface area (Å²) in [4.78, 5) is 32.4. The number of rotatable bonds is 12. The van der Waals surface area contributed by atoms with Gasteiger partial charge in [0.15, 0.2) is 6.23 Å². The number of nitrogens with one attached hydrogen (secondary N) is 3. The Kier molecular flexibility index (Phi) is 7.65. The van der Waals surface area contributed by atoms with Crippen LogP contribution in [0.3, 0.4) is 0 Å². The number of H-pyrrole nitrogens is 3. The predicted molar refractivity (Wildman–Crippen MR) is 107 cm³/mol. The number of hydrogen-bond donors (Lipinski definition) is 3. The third kappa shape index (κ3) is 5.96. The molecule has 3 aromatic heterocycles. The first-order chi connectivity index (χ1) is 13.9. The highest BCUT2D eigenvalue weighted by molar-refractivity contribution is 5.76. The van der Waals surface area contributed by atoms with Crippen molar-refractivity contribution in [2.45, 2.75) is 13.2 Å². The molecule has 3 N–H and O–H groups in total. The summed E-state index contributed by atoms with van der Waals surface area (Å²) in [5, 5.41) is 0. The second-order valence-electron chi connectivity index (χ2n) is 5.94. The van der Waals surface area contributed by atoms with E-state index < -0.39 is 0 Å². The first kappa shape index (κ1) is 19.6. The van der Waals surface area contributed by atoms with Crippen molar-refractivity contribution < 1.29 is 4.74 Å². The SMILES string of the molecule is CCO[C@@H](c1cnc[nH]1)N(CCN=Cc1cnc[nH]1)CCN=Cc1cnc[nH]1. The molecule has 28 heavy (non-hydrogen) atoms. The normalized spacial score (nSPS) is 13.2. The number of aromatic nitrogens is 6. The molecule has 0 radical (unpaired) electrons. The quantitative estimate of drug-likeness (QED) is 0.322. The average molecular weight is 383 g/mol. The van der Waals surface area contributed by atoms with E-state index in [1.807, 2.05) is 6.92 Å². The van der Waals surface area contributed by atoms with E-state index in [1.54, 1.807) is 50.0 Å². The van der Waals surface area contributed by atoms with Crippen LogP contribution in [0.5, 0.6) is 0 Å². The molecule has 10 nitrogen and oxygen atoms in total. The molecule has 0 saturated heterocycles. The minimum absolute atomic E-state index is 0.225. The van der Waals surface area contributed by atoms with Gasteiger partial charge in [-0.1, -0.05) is 0 Å². The molecule has 0 aliphatic heterocycles. The third-order valence-corrected chi connectivity index (χ3v) is 3.97. The van der Waals surface area contributed by atoms with Crippen LogP contribution in [-0.2, 0) is 4.74 Å². The van der Waals surface area contributed by atoms with E-state index in [4.69, 9.17) is 4.74 Å². The van der Waals surface area contributed by atoms with E-state index in [0.717, 1.165) is 17.1 Å². The van der Waals surface area contributed by atoms with E-state index >= 15 is 0 Å². The van der Waals surface area contributed by atoms with E-state index in [0.29, 0.717) is 32.8 Å². The molecule has 0 unspecified atom stereocenters. The molecule has 0 saturated carbocycles. The van der Waals surface area contributed by atoms with Crippen LogP contribution in [0, 0.1) is 0 Å². The van der Waals surface area contributed by atoms with Crippen LogP contribution >= 0.6 is 0 Å². The number of aromatic amines is 3. The minimum atomic E-state index is -0.225. The molecule has 3 aromatic rings. The van der Waals surface area contributed by atoms with Gasteiger partial charge in [-0.2, -0.15) is 0 Å². The maximum atomic E-state index is 5.97. The van der Waals surface area contributed by atoms with Gasteiger partial charge in [0.25, 0.3) is 0 Å². The molecule has 148 valence electrons. The van der Waals surface area contributed by atoms with Gasteiger partial charge in [0, 0.05) is 32.1 Å². The highest BCUT2D eigenvalue weighted by atomic mass is 16.5. The van der Waals surface area contributed by atoms with Crippen molar-refractivity contribution in [1.29, 1.82) is 0 Å². The molecule has 0 bridgehead atoms. The lowest BCUT2D eigenvalue weighted by Crippen LogP contribution is -2.35. The zero-order chi connectivity index (χ0) is 19.4. The fourth-order valence-electron chi connectivity index (χ4n) is 2.67. The van der Waals surface area contributed by atoms with Gasteiger partial charge < -0.3 is 19.7 Å².